The topological polar surface area (TPSA) is 41.6 Å². The maximum atomic E-state index is 13.6. The van der Waals surface area contributed by atoms with Gasteiger partial charge in [-0.25, -0.2) is 18.0 Å². The van der Waals surface area contributed by atoms with Crippen LogP contribution in [0.15, 0.2) is 12.1 Å². The Balaban J connectivity index is 1.81. The van der Waals surface area contributed by atoms with Crippen molar-refractivity contribution in [3.05, 3.63) is 29.6 Å². The summed E-state index contributed by atoms with van der Waals surface area (Å²) in [6.45, 7) is 7.00. The molecular weight excluding hydrogens is 321 g/mol. The summed E-state index contributed by atoms with van der Waals surface area (Å²) in [6, 6.07) is 1.35. The van der Waals surface area contributed by atoms with Gasteiger partial charge in [-0.2, -0.15) is 0 Å². The largest absolute Gasteiger partial charge is 0.444 e. The van der Waals surface area contributed by atoms with Crippen molar-refractivity contribution in [3.8, 4) is 0 Å². The predicted molar refractivity (Wildman–Crippen MR) is 85.3 cm³/mol. The summed E-state index contributed by atoms with van der Waals surface area (Å²) >= 11 is 0. The van der Waals surface area contributed by atoms with Gasteiger partial charge in [-0.1, -0.05) is 0 Å². The van der Waals surface area contributed by atoms with Crippen molar-refractivity contribution < 1.29 is 22.7 Å². The first-order valence-corrected chi connectivity index (χ1v) is 8.02. The molecule has 0 spiro atoms. The summed E-state index contributed by atoms with van der Waals surface area (Å²) in [5.41, 5.74) is -0.580. The molecule has 1 aromatic rings. The maximum absolute atomic E-state index is 13.6. The van der Waals surface area contributed by atoms with Crippen molar-refractivity contribution >= 4 is 11.8 Å². The third-order valence-corrected chi connectivity index (χ3v) is 3.86. The molecule has 1 heterocycles. The zero-order valence-electron chi connectivity index (χ0n) is 14.2. The standard InChI is InChI=1S/C17H23F3N2O2/c1-17(2,3)24-16(23)22-6-4-11(5-7-22)10-21-15-9-13(19)12(18)8-14(15)20/h8-9,11,21H,4-7,10H2,1-3H3. The van der Waals surface area contributed by atoms with Gasteiger partial charge in [-0.15, -0.1) is 0 Å². The minimum absolute atomic E-state index is 0.0523. The maximum Gasteiger partial charge on any atom is 0.410 e. The van der Waals surface area contributed by atoms with Crippen molar-refractivity contribution in [1.82, 2.24) is 4.90 Å². The number of nitrogens with one attached hydrogen (secondary N) is 1. The molecule has 7 heteroatoms. The molecule has 2 rings (SSSR count). The predicted octanol–water partition coefficient (Wildman–Crippen LogP) is 4.16. The molecule has 0 atom stereocenters. The quantitative estimate of drug-likeness (QED) is 0.837. The average Bonchev–Trinajstić information content (AvgIpc) is 2.48. The molecule has 4 nitrogen and oxygen atoms in total. The van der Waals surface area contributed by atoms with Gasteiger partial charge in [0.25, 0.3) is 0 Å². The third-order valence-electron chi connectivity index (χ3n) is 3.86. The van der Waals surface area contributed by atoms with Gasteiger partial charge in [0.05, 0.1) is 5.69 Å². The van der Waals surface area contributed by atoms with E-state index >= 15 is 0 Å². The molecule has 0 aliphatic carbocycles. The van der Waals surface area contributed by atoms with Gasteiger partial charge in [0, 0.05) is 31.8 Å². The highest BCUT2D eigenvalue weighted by atomic mass is 19.2. The number of hydrogen-bond acceptors (Lipinski definition) is 3. The number of piperidine rings is 1. The Morgan fingerprint density at radius 1 is 1.17 bits per heavy atom. The van der Waals surface area contributed by atoms with E-state index in [1.807, 2.05) is 20.8 Å². The SMILES string of the molecule is CC(C)(C)OC(=O)N1CCC(CNc2cc(F)c(F)cc2F)CC1. The Morgan fingerprint density at radius 2 is 1.75 bits per heavy atom. The molecule has 134 valence electrons. The van der Waals surface area contributed by atoms with E-state index in [1.54, 1.807) is 4.90 Å². The summed E-state index contributed by atoms with van der Waals surface area (Å²) in [7, 11) is 0. The zero-order valence-corrected chi connectivity index (χ0v) is 14.2. The molecule has 1 aliphatic heterocycles. The summed E-state index contributed by atoms with van der Waals surface area (Å²) in [4.78, 5) is 13.6. The monoisotopic (exact) mass is 344 g/mol. The lowest BCUT2D eigenvalue weighted by Crippen LogP contribution is -2.42. The Hall–Kier alpha value is -1.92. The molecule has 1 N–H and O–H groups in total. The zero-order chi connectivity index (χ0) is 17.9. The number of amides is 1. The second-order valence-corrected chi connectivity index (χ2v) is 7.04. The van der Waals surface area contributed by atoms with Crippen LogP contribution < -0.4 is 5.32 Å². The molecule has 1 saturated heterocycles. The number of halogens is 3. The molecule has 1 fully saturated rings. The smallest absolute Gasteiger partial charge is 0.410 e. The first-order chi connectivity index (χ1) is 11.2. The second kappa shape index (κ2) is 7.32. The molecule has 1 aromatic carbocycles. The number of rotatable bonds is 3. The summed E-state index contributed by atoms with van der Waals surface area (Å²) < 4.78 is 45.0. The summed E-state index contributed by atoms with van der Waals surface area (Å²) in [5, 5.41) is 2.82. The fraction of sp³-hybridized carbons (Fsp3) is 0.588. The van der Waals surface area contributed by atoms with Crippen molar-refractivity contribution in [2.75, 3.05) is 25.0 Å². The number of carbonyl (C=O) groups is 1. The van der Waals surface area contributed by atoms with Gasteiger partial charge in [0.2, 0.25) is 0 Å². The highest BCUT2D eigenvalue weighted by Crippen LogP contribution is 2.22. The summed E-state index contributed by atoms with van der Waals surface area (Å²) in [5.74, 6) is -2.89. The van der Waals surface area contributed by atoms with Crippen LogP contribution in [0.25, 0.3) is 0 Å². The number of hydrogen-bond donors (Lipinski definition) is 1. The molecule has 1 aliphatic rings. The van der Waals surface area contributed by atoms with E-state index in [-0.39, 0.29) is 17.7 Å². The molecule has 0 bridgehead atoms. The van der Waals surface area contributed by atoms with Crippen LogP contribution in [0.2, 0.25) is 0 Å². The number of likely N-dealkylation sites (tertiary alicyclic amines) is 1. The minimum Gasteiger partial charge on any atom is -0.444 e. The van der Waals surface area contributed by atoms with Crippen LogP contribution >= 0.6 is 0 Å². The molecule has 24 heavy (non-hydrogen) atoms. The average molecular weight is 344 g/mol. The van der Waals surface area contributed by atoms with Gasteiger partial charge in [-0.3, -0.25) is 0 Å². The first-order valence-electron chi connectivity index (χ1n) is 8.02. The highest BCUT2D eigenvalue weighted by Gasteiger charge is 2.26. The van der Waals surface area contributed by atoms with Gasteiger partial charge in [0.1, 0.15) is 11.4 Å². The lowest BCUT2D eigenvalue weighted by atomic mass is 9.97. The Kier molecular flexibility index (Phi) is 5.62. The van der Waals surface area contributed by atoms with Crippen molar-refractivity contribution in [1.29, 1.82) is 0 Å². The van der Waals surface area contributed by atoms with E-state index in [4.69, 9.17) is 4.74 Å². The summed E-state index contributed by atoms with van der Waals surface area (Å²) in [6.07, 6.45) is 1.13. The Labute approximate surface area is 140 Å². The fourth-order valence-corrected chi connectivity index (χ4v) is 2.56. The van der Waals surface area contributed by atoms with Crippen LogP contribution in [0.1, 0.15) is 33.6 Å². The van der Waals surface area contributed by atoms with Crippen LogP contribution in [0.3, 0.4) is 0 Å². The van der Waals surface area contributed by atoms with E-state index < -0.39 is 23.1 Å². The Bertz CT molecular complexity index is 594. The molecule has 0 unspecified atom stereocenters. The Morgan fingerprint density at radius 3 is 2.33 bits per heavy atom. The highest BCUT2D eigenvalue weighted by molar-refractivity contribution is 5.68. The van der Waals surface area contributed by atoms with Gasteiger partial charge in [-0.05, 0) is 39.5 Å². The lowest BCUT2D eigenvalue weighted by Gasteiger charge is -2.33. The van der Waals surface area contributed by atoms with Crippen LogP contribution in [-0.4, -0.2) is 36.2 Å². The molecular formula is C17H23F3N2O2. The molecule has 0 aromatic heterocycles. The lowest BCUT2D eigenvalue weighted by molar-refractivity contribution is 0.0188. The molecule has 0 saturated carbocycles. The van der Waals surface area contributed by atoms with E-state index in [0.29, 0.717) is 25.7 Å². The van der Waals surface area contributed by atoms with E-state index in [9.17, 15) is 18.0 Å². The number of benzene rings is 1. The van der Waals surface area contributed by atoms with E-state index in [0.717, 1.165) is 18.9 Å². The van der Waals surface area contributed by atoms with Crippen molar-refractivity contribution in [3.63, 3.8) is 0 Å². The normalized spacial score (nSPS) is 16.2. The van der Waals surface area contributed by atoms with Crippen molar-refractivity contribution in [2.45, 2.75) is 39.2 Å². The number of anilines is 1. The second-order valence-electron chi connectivity index (χ2n) is 7.04. The molecule has 1 amide bonds. The van der Waals surface area contributed by atoms with Crippen LogP contribution in [-0.2, 0) is 4.74 Å². The van der Waals surface area contributed by atoms with E-state index in [1.165, 1.54) is 0 Å². The van der Waals surface area contributed by atoms with Crippen LogP contribution in [0.5, 0.6) is 0 Å². The van der Waals surface area contributed by atoms with Gasteiger partial charge < -0.3 is 15.0 Å². The number of carbonyl (C=O) groups excluding carboxylic acids is 1. The number of nitrogens with zero attached hydrogens (tertiary/aromatic N) is 1. The van der Waals surface area contributed by atoms with Gasteiger partial charge >= 0.3 is 6.09 Å². The third kappa shape index (κ3) is 5.04. The van der Waals surface area contributed by atoms with Crippen LogP contribution in [0, 0.1) is 23.4 Å². The molecule has 0 radical (unpaired) electrons. The number of ether oxygens (including phenoxy) is 1. The van der Waals surface area contributed by atoms with Crippen molar-refractivity contribution in [2.24, 2.45) is 5.92 Å². The van der Waals surface area contributed by atoms with E-state index in [2.05, 4.69) is 5.32 Å². The fourth-order valence-electron chi connectivity index (χ4n) is 2.56. The van der Waals surface area contributed by atoms with Crippen LogP contribution in [0.4, 0.5) is 23.7 Å². The first kappa shape index (κ1) is 18.4. The minimum atomic E-state index is -1.20. The van der Waals surface area contributed by atoms with Gasteiger partial charge in [0.15, 0.2) is 11.6 Å².